The molecule has 1 heterocycles. The molecule has 0 aromatic rings. The van der Waals surface area contributed by atoms with Gasteiger partial charge in [0.2, 0.25) is 0 Å². The highest BCUT2D eigenvalue weighted by Gasteiger charge is 2.64. The normalized spacial score (nSPS) is 50.4. The molecule has 5 aliphatic rings. The summed E-state index contributed by atoms with van der Waals surface area (Å²) < 4.78 is 11.7. The maximum atomic E-state index is 11.9. The molecular formula is C26H34O8. The van der Waals surface area contributed by atoms with Gasteiger partial charge in [0.25, 0.3) is 0 Å². The van der Waals surface area contributed by atoms with E-state index in [1.54, 1.807) is 0 Å². The van der Waals surface area contributed by atoms with Crippen molar-refractivity contribution in [2.45, 2.75) is 94.6 Å². The van der Waals surface area contributed by atoms with E-state index in [-0.39, 0.29) is 5.78 Å². The number of rotatable bonds is 3. The molecule has 0 radical (unpaired) electrons. The minimum Gasteiger partial charge on any atom is -0.479 e. The van der Waals surface area contributed by atoms with E-state index in [1.807, 2.05) is 6.08 Å². The lowest BCUT2D eigenvalue weighted by atomic mass is 9.50. The van der Waals surface area contributed by atoms with E-state index >= 15 is 0 Å². The SMILES string of the molecule is C#C[C@]1(OC2OC(C(=O)O)C(O)C(O)C2O)CC[C@H]2[C@@H]3CCC4=CC(=O)CC[C@@H]4[C@H]3CC[C@@]21C. The molecule has 4 fully saturated rings. The van der Waals surface area contributed by atoms with Crippen molar-refractivity contribution in [1.29, 1.82) is 0 Å². The number of aliphatic hydroxyl groups is 3. The second-order valence-corrected chi connectivity index (χ2v) is 11.1. The quantitative estimate of drug-likeness (QED) is 0.451. The van der Waals surface area contributed by atoms with Gasteiger partial charge in [-0.25, -0.2) is 4.79 Å². The zero-order chi connectivity index (χ0) is 24.4. The van der Waals surface area contributed by atoms with Crippen molar-refractivity contribution in [1.82, 2.24) is 0 Å². The second-order valence-electron chi connectivity index (χ2n) is 11.1. The molecule has 4 N–H and O–H groups in total. The smallest absolute Gasteiger partial charge is 0.335 e. The van der Waals surface area contributed by atoms with Crippen LogP contribution in [0.15, 0.2) is 11.6 Å². The predicted molar refractivity (Wildman–Crippen MR) is 119 cm³/mol. The van der Waals surface area contributed by atoms with Crippen LogP contribution in [-0.4, -0.2) is 68.5 Å². The standard InChI is InChI=1S/C26H34O8/c1-3-26(34-24-21(30)19(28)20(29)22(33-24)23(31)32)11-9-18-17-6-4-13-12-14(27)5-7-15(13)16(17)8-10-25(18,26)2/h1,12,15-22,24,28-30H,4-11H2,2H3,(H,31,32)/t15-,16+,17+,18-,19?,20?,21?,22?,24?,25-,26-/m0/s1. The van der Waals surface area contributed by atoms with Gasteiger partial charge in [0, 0.05) is 11.8 Å². The predicted octanol–water partition coefficient (Wildman–Crippen LogP) is 1.41. The van der Waals surface area contributed by atoms with Crippen molar-refractivity contribution >= 4 is 11.8 Å². The lowest BCUT2D eigenvalue weighted by Crippen LogP contribution is -2.63. The number of ketones is 1. The number of carbonyl (C=O) groups excluding carboxylic acids is 1. The number of hydrogen-bond acceptors (Lipinski definition) is 7. The fraction of sp³-hybridized carbons (Fsp3) is 0.769. The summed E-state index contributed by atoms with van der Waals surface area (Å²) in [6.45, 7) is 2.13. The minimum atomic E-state index is -1.77. The van der Waals surface area contributed by atoms with Gasteiger partial charge in [0.05, 0.1) is 0 Å². The molecule has 4 aliphatic carbocycles. The Balaban J connectivity index is 1.40. The molecule has 11 atom stereocenters. The number of carbonyl (C=O) groups is 2. The van der Waals surface area contributed by atoms with Gasteiger partial charge in [-0.3, -0.25) is 4.79 Å². The highest BCUT2D eigenvalue weighted by atomic mass is 16.7. The van der Waals surface area contributed by atoms with Crippen molar-refractivity contribution in [2.24, 2.45) is 29.1 Å². The Morgan fingerprint density at radius 3 is 2.56 bits per heavy atom. The van der Waals surface area contributed by atoms with Crippen LogP contribution in [0.1, 0.15) is 58.3 Å². The van der Waals surface area contributed by atoms with Crippen LogP contribution in [0.25, 0.3) is 0 Å². The van der Waals surface area contributed by atoms with E-state index < -0.39 is 47.7 Å². The van der Waals surface area contributed by atoms with Gasteiger partial charge >= 0.3 is 5.97 Å². The Kier molecular flexibility index (Phi) is 5.93. The molecule has 1 aliphatic heterocycles. The number of aliphatic carboxylic acids is 1. The summed E-state index contributed by atoms with van der Waals surface area (Å²) in [5.41, 5.74) is -0.181. The third kappa shape index (κ3) is 3.40. The molecule has 0 aromatic carbocycles. The lowest BCUT2D eigenvalue weighted by Gasteiger charge is -2.56. The van der Waals surface area contributed by atoms with Gasteiger partial charge in [0.1, 0.15) is 23.9 Å². The molecule has 186 valence electrons. The average Bonchev–Trinajstić information content (AvgIpc) is 3.11. The van der Waals surface area contributed by atoms with Gasteiger partial charge in [-0.15, -0.1) is 6.42 Å². The Morgan fingerprint density at radius 1 is 1.09 bits per heavy atom. The van der Waals surface area contributed by atoms with E-state index in [4.69, 9.17) is 15.9 Å². The zero-order valence-electron chi connectivity index (χ0n) is 19.4. The van der Waals surface area contributed by atoms with Gasteiger partial charge in [-0.2, -0.15) is 0 Å². The number of hydrogen-bond donors (Lipinski definition) is 4. The molecule has 0 spiro atoms. The van der Waals surface area contributed by atoms with E-state index in [1.165, 1.54) is 5.57 Å². The van der Waals surface area contributed by atoms with Crippen LogP contribution in [-0.2, 0) is 19.1 Å². The van der Waals surface area contributed by atoms with Gasteiger partial charge in [0.15, 0.2) is 18.2 Å². The maximum Gasteiger partial charge on any atom is 0.335 e. The number of aliphatic hydroxyl groups excluding tert-OH is 3. The molecular weight excluding hydrogens is 440 g/mol. The zero-order valence-corrected chi connectivity index (χ0v) is 19.4. The van der Waals surface area contributed by atoms with Crippen LogP contribution in [0, 0.1) is 41.4 Å². The van der Waals surface area contributed by atoms with Crippen LogP contribution >= 0.6 is 0 Å². The first-order chi connectivity index (χ1) is 16.1. The van der Waals surface area contributed by atoms with Gasteiger partial charge < -0.3 is 29.9 Å². The molecule has 8 heteroatoms. The van der Waals surface area contributed by atoms with Gasteiger partial charge in [-0.1, -0.05) is 18.4 Å². The summed E-state index contributed by atoms with van der Waals surface area (Å²) in [5.74, 6) is 3.38. The van der Waals surface area contributed by atoms with Crippen LogP contribution in [0.5, 0.6) is 0 Å². The number of fused-ring (bicyclic) bond motifs is 5. The molecule has 5 unspecified atom stereocenters. The van der Waals surface area contributed by atoms with E-state index in [0.29, 0.717) is 36.5 Å². The second kappa shape index (κ2) is 8.42. The van der Waals surface area contributed by atoms with Crippen molar-refractivity contribution in [3.05, 3.63) is 11.6 Å². The number of allylic oxidation sites excluding steroid dienone is 1. The fourth-order valence-corrected chi connectivity index (χ4v) is 7.99. The number of carboxylic acid groups (broad SMARTS) is 1. The highest BCUT2D eigenvalue weighted by Crippen LogP contribution is 2.66. The number of ether oxygens (including phenoxy) is 2. The van der Waals surface area contributed by atoms with E-state index in [2.05, 4.69) is 12.8 Å². The third-order valence-electron chi connectivity index (χ3n) is 9.78. The van der Waals surface area contributed by atoms with Crippen molar-refractivity contribution < 1.29 is 39.5 Å². The van der Waals surface area contributed by atoms with Crippen LogP contribution in [0.4, 0.5) is 0 Å². The Morgan fingerprint density at radius 2 is 1.85 bits per heavy atom. The molecule has 0 aromatic heterocycles. The molecule has 8 nitrogen and oxygen atoms in total. The third-order valence-corrected chi connectivity index (χ3v) is 9.78. The van der Waals surface area contributed by atoms with Crippen LogP contribution < -0.4 is 0 Å². The van der Waals surface area contributed by atoms with E-state index in [9.17, 15) is 30.0 Å². The molecule has 5 rings (SSSR count). The summed E-state index contributed by atoms with van der Waals surface area (Å²) in [4.78, 5) is 23.5. The summed E-state index contributed by atoms with van der Waals surface area (Å²) >= 11 is 0. The number of carboxylic acids is 1. The first kappa shape index (κ1) is 24.0. The van der Waals surface area contributed by atoms with Crippen molar-refractivity contribution in [3.8, 4) is 12.3 Å². The largest absolute Gasteiger partial charge is 0.479 e. The van der Waals surface area contributed by atoms with Crippen LogP contribution in [0.3, 0.4) is 0 Å². The highest BCUT2D eigenvalue weighted by molar-refractivity contribution is 5.91. The average molecular weight is 475 g/mol. The summed E-state index contributed by atoms with van der Waals surface area (Å²) in [6.07, 6.45) is 6.30. The fourth-order valence-electron chi connectivity index (χ4n) is 7.99. The molecule has 3 saturated carbocycles. The number of terminal acetylenes is 1. The summed E-state index contributed by atoms with van der Waals surface area (Å²) in [5, 5.41) is 40.2. The van der Waals surface area contributed by atoms with Crippen molar-refractivity contribution in [2.75, 3.05) is 0 Å². The Labute approximate surface area is 199 Å². The first-order valence-corrected chi connectivity index (χ1v) is 12.4. The van der Waals surface area contributed by atoms with E-state index in [0.717, 1.165) is 38.5 Å². The molecule has 0 bridgehead atoms. The maximum absolute atomic E-state index is 11.9. The molecule has 0 amide bonds. The summed E-state index contributed by atoms with van der Waals surface area (Å²) in [7, 11) is 0. The van der Waals surface area contributed by atoms with Crippen molar-refractivity contribution in [3.63, 3.8) is 0 Å². The Hall–Kier alpha value is -1.76. The Bertz CT molecular complexity index is 938. The molecule has 34 heavy (non-hydrogen) atoms. The van der Waals surface area contributed by atoms with Crippen LogP contribution in [0.2, 0.25) is 0 Å². The minimum absolute atomic E-state index is 0.240. The lowest BCUT2D eigenvalue weighted by molar-refractivity contribution is -0.324. The first-order valence-electron chi connectivity index (χ1n) is 12.4. The topological polar surface area (TPSA) is 134 Å². The monoisotopic (exact) mass is 474 g/mol. The van der Waals surface area contributed by atoms with Gasteiger partial charge in [-0.05, 0) is 74.7 Å². The summed E-state index contributed by atoms with van der Waals surface area (Å²) in [6, 6.07) is 0. The molecule has 1 saturated heterocycles.